The van der Waals surface area contributed by atoms with Gasteiger partial charge in [-0.3, -0.25) is 4.79 Å². The molecule has 1 unspecified atom stereocenters. The maximum atomic E-state index is 11.7. The van der Waals surface area contributed by atoms with E-state index < -0.39 is 11.9 Å². The van der Waals surface area contributed by atoms with Crippen LogP contribution >= 0.6 is 0 Å². The topological polar surface area (TPSA) is 35.5 Å². The molecule has 0 N–H and O–H groups in total. The summed E-state index contributed by atoms with van der Waals surface area (Å²) in [4.78, 5) is 11.7. The van der Waals surface area contributed by atoms with Gasteiger partial charge in [-0.2, -0.15) is 0 Å². The maximum Gasteiger partial charge on any atom is 0.169 e. The Balaban J connectivity index is 2.62. The lowest BCUT2D eigenvalue weighted by atomic mass is 9.88. The molecule has 76 valence electrons. The van der Waals surface area contributed by atoms with Gasteiger partial charge in [0.2, 0.25) is 0 Å². The lowest BCUT2D eigenvalue weighted by molar-refractivity contribution is -0.156. The minimum absolute atomic E-state index is 0.109. The van der Waals surface area contributed by atoms with E-state index in [1.807, 2.05) is 34.6 Å². The predicted octanol–water partition coefficient (Wildman–Crippen LogP) is 1.75. The van der Waals surface area contributed by atoms with E-state index in [1.165, 1.54) is 0 Å². The first-order chi connectivity index (χ1) is 5.72. The standard InChI is InChI=1S/C10H18O3/c1-9(2,3)8(11)7-6-12-10(4,5)13-7/h7H,6H2,1-5H3. The number of ether oxygens (including phenoxy) is 2. The predicted molar refractivity (Wildman–Crippen MR) is 49.4 cm³/mol. The molecule has 1 fully saturated rings. The molecule has 0 amide bonds. The highest BCUT2D eigenvalue weighted by atomic mass is 16.7. The second kappa shape index (κ2) is 3.07. The van der Waals surface area contributed by atoms with E-state index in [0.29, 0.717) is 6.61 Å². The molecule has 0 radical (unpaired) electrons. The number of rotatable bonds is 1. The van der Waals surface area contributed by atoms with Crippen LogP contribution in [0.3, 0.4) is 0 Å². The average molecular weight is 186 g/mol. The van der Waals surface area contributed by atoms with Crippen LogP contribution in [0.4, 0.5) is 0 Å². The lowest BCUT2D eigenvalue weighted by Gasteiger charge is -2.22. The molecule has 0 aliphatic carbocycles. The average Bonchev–Trinajstić information content (AvgIpc) is 2.26. The third-order valence-electron chi connectivity index (χ3n) is 2.04. The molecule has 0 aromatic rings. The fourth-order valence-electron chi connectivity index (χ4n) is 1.30. The molecule has 1 saturated heterocycles. The summed E-state index contributed by atoms with van der Waals surface area (Å²) in [5, 5.41) is 0. The Morgan fingerprint density at radius 1 is 1.38 bits per heavy atom. The van der Waals surface area contributed by atoms with Gasteiger partial charge in [-0.05, 0) is 13.8 Å². The number of ketones is 1. The summed E-state index contributed by atoms with van der Waals surface area (Å²) in [6, 6.07) is 0. The number of carbonyl (C=O) groups excluding carboxylic acids is 1. The van der Waals surface area contributed by atoms with Crippen LogP contribution in [0.5, 0.6) is 0 Å². The second-order valence-corrected chi connectivity index (χ2v) is 4.93. The highest BCUT2D eigenvalue weighted by molar-refractivity contribution is 5.88. The van der Waals surface area contributed by atoms with Gasteiger partial charge in [0.1, 0.15) is 6.10 Å². The first kappa shape index (κ1) is 10.7. The van der Waals surface area contributed by atoms with E-state index in [4.69, 9.17) is 9.47 Å². The van der Waals surface area contributed by atoms with Crippen molar-refractivity contribution in [3.05, 3.63) is 0 Å². The van der Waals surface area contributed by atoms with Crippen LogP contribution in [0.25, 0.3) is 0 Å². The zero-order valence-electron chi connectivity index (χ0n) is 9.01. The summed E-state index contributed by atoms with van der Waals surface area (Å²) in [6.45, 7) is 9.70. The van der Waals surface area contributed by atoms with E-state index in [2.05, 4.69) is 0 Å². The molecule has 1 aliphatic heterocycles. The monoisotopic (exact) mass is 186 g/mol. The van der Waals surface area contributed by atoms with Crippen molar-refractivity contribution >= 4 is 5.78 Å². The van der Waals surface area contributed by atoms with Crippen molar-refractivity contribution in [2.24, 2.45) is 5.41 Å². The van der Waals surface area contributed by atoms with Gasteiger partial charge in [-0.1, -0.05) is 20.8 Å². The van der Waals surface area contributed by atoms with Crippen molar-refractivity contribution in [3.63, 3.8) is 0 Å². The Bertz CT molecular complexity index is 213. The van der Waals surface area contributed by atoms with Gasteiger partial charge in [0, 0.05) is 5.41 Å². The second-order valence-electron chi connectivity index (χ2n) is 4.93. The molecule has 0 saturated carbocycles. The third kappa shape index (κ3) is 2.51. The van der Waals surface area contributed by atoms with Crippen LogP contribution in [0.15, 0.2) is 0 Å². The van der Waals surface area contributed by atoms with E-state index >= 15 is 0 Å². The Kier molecular flexibility index (Phi) is 2.52. The smallest absolute Gasteiger partial charge is 0.169 e. The molecule has 1 aliphatic rings. The molecular weight excluding hydrogens is 168 g/mol. The summed E-state index contributed by atoms with van der Waals surface area (Å²) >= 11 is 0. The molecule has 1 heterocycles. The zero-order chi connectivity index (χ0) is 10.3. The highest BCUT2D eigenvalue weighted by Crippen LogP contribution is 2.27. The van der Waals surface area contributed by atoms with E-state index in [1.54, 1.807) is 0 Å². The van der Waals surface area contributed by atoms with E-state index in [0.717, 1.165) is 0 Å². The number of carbonyl (C=O) groups is 1. The number of hydrogen-bond acceptors (Lipinski definition) is 3. The summed E-state index contributed by atoms with van der Waals surface area (Å²) < 4.78 is 10.8. The molecule has 0 spiro atoms. The summed E-state index contributed by atoms with van der Waals surface area (Å²) in [5.74, 6) is -0.496. The first-order valence-corrected chi connectivity index (χ1v) is 4.58. The molecular formula is C10H18O3. The molecule has 0 aromatic carbocycles. The molecule has 3 heteroatoms. The number of hydrogen-bond donors (Lipinski definition) is 0. The van der Waals surface area contributed by atoms with Gasteiger partial charge >= 0.3 is 0 Å². The molecule has 0 bridgehead atoms. The molecule has 1 atom stereocenters. The Morgan fingerprint density at radius 3 is 2.23 bits per heavy atom. The SMILES string of the molecule is CC1(C)OCC(C(=O)C(C)(C)C)O1. The van der Waals surface area contributed by atoms with Gasteiger partial charge < -0.3 is 9.47 Å². The highest BCUT2D eigenvalue weighted by Gasteiger charge is 2.40. The Morgan fingerprint density at radius 2 is 1.92 bits per heavy atom. The van der Waals surface area contributed by atoms with Gasteiger partial charge in [-0.15, -0.1) is 0 Å². The van der Waals surface area contributed by atoms with Crippen molar-refractivity contribution in [2.45, 2.75) is 46.5 Å². The van der Waals surface area contributed by atoms with Gasteiger partial charge in [0.25, 0.3) is 0 Å². The third-order valence-corrected chi connectivity index (χ3v) is 2.04. The summed E-state index contributed by atoms with van der Waals surface area (Å²) in [5.41, 5.74) is -0.353. The van der Waals surface area contributed by atoms with E-state index in [9.17, 15) is 4.79 Å². The van der Waals surface area contributed by atoms with Crippen LogP contribution in [0, 0.1) is 5.41 Å². The largest absolute Gasteiger partial charge is 0.347 e. The van der Waals surface area contributed by atoms with Crippen LogP contribution in [0.1, 0.15) is 34.6 Å². The maximum absolute atomic E-state index is 11.7. The van der Waals surface area contributed by atoms with Gasteiger partial charge in [0.15, 0.2) is 11.6 Å². The Labute approximate surface area is 79.4 Å². The van der Waals surface area contributed by atoms with Crippen LogP contribution in [-0.4, -0.2) is 24.3 Å². The van der Waals surface area contributed by atoms with Crippen LogP contribution in [-0.2, 0) is 14.3 Å². The van der Waals surface area contributed by atoms with Crippen LogP contribution in [0.2, 0.25) is 0 Å². The summed E-state index contributed by atoms with van der Waals surface area (Å²) in [6.07, 6.45) is -0.394. The van der Waals surface area contributed by atoms with Gasteiger partial charge in [0.05, 0.1) is 6.61 Å². The normalized spacial score (nSPS) is 27.6. The first-order valence-electron chi connectivity index (χ1n) is 4.58. The number of Topliss-reactive ketones (excluding diaryl/α,β-unsaturated/α-hetero) is 1. The quantitative estimate of drug-likeness (QED) is 0.626. The van der Waals surface area contributed by atoms with Crippen molar-refractivity contribution in [1.82, 2.24) is 0 Å². The summed E-state index contributed by atoms with van der Waals surface area (Å²) in [7, 11) is 0. The minimum Gasteiger partial charge on any atom is -0.347 e. The van der Waals surface area contributed by atoms with Crippen molar-refractivity contribution < 1.29 is 14.3 Å². The van der Waals surface area contributed by atoms with Crippen molar-refractivity contribution in [1.29, 1.82) is 0 Å². The fourth-order valence-corrected chi connectivity index (χ4v) is 1.30. The zero-order valence-corrected chi connectivity index (χ0v) is 9.01. The Hall–Kier alpha value is -0.410. The van der Waals surface area contributed by atoms with Gasteiger partial charge in [-0.25, -0.2) is 0 Å². The van der Waals surface area contributed by atoms with Crippen molar-refractivity contribution in [2.75, 3.05) is 6.61 Å². The molecule has 3 nitrogen and oxygen atoms in total. The van der Waals surface area contributed by atoms with Crippen molar-refractivity contribution in [3.8, 4) is 0 Å². The molecule has 13 heavy (non-hydrogen) atoms. The minimum atomic E-state index is -0.606. The lowest BCUT2D eigenvalue weighted by Crippen LogP contribution is -2.35. The molecule has 1 rings (SSSR count). The van der Waals surface area contributed by atoms with E-state index in [-0.39, 0.29) is 11.2 Å². The fraction of sp³-hybridized carbons (Fsp3) is 0.900. The van der Waals surface area contributed by atoms with Crippen LogP contribution < -0.4 is 0 Å². The molecule has 0 aromatic heterocycles.